The second-order valence-electron chi connectivity index (χ2n) is 6.60. The molecule has 1 unspecified atom stereocenters. The Kier molecular flexibility index (Phi) is 4.80. The molecule has 2 heterocycles. The standard InChI is InChI=1S/C21H21N3OS/c1-2-14-3-6-17(7-4-14)23-20(25)16-5-8-18-19(13-16)26-21(24-18)15-9-11-22-12-10-15/h3-4,6-7,9-12,16H,2,5,8,13H2,1H3,(H,23,25). The second-order valence-corrected chi connectivity index (χ2v) is 7.69. The van der Waals surface area contributed by atoms with Crippen molar-refractivity contribution in [1.82, 2.24) is 9.97 Å². The number of nitrogens with zero attached hydrogens (tertiary/aromatic N) is 2. The molecule has 0 saturated heterocycles. The number of hydrogen-bond acceptors (Lipinski definition) is 4. The predicted octanol–water partition coefficient (Wildman–Crippen LogP) is 4.51. The third kappa shape index (κ3) is 3.53. The van der Waals surface area contributed by atoms with E-state index in [1.54, 1.807) is 23.7 Å². The molecule has 0 radical (unpaired) electrons. The van der Waals surface area contributed by atoms with Crippen molar-refractivity contribution >= 4 is 22.9 Å². The summed E-state index contributed by atoms with van der Waals surface area (Å²) in [5.41, 5.74) is 4.40. The molecular formula is C21H21N3OS. The molecule has 0 fully saturated rings. The van der Waals surface area contributed by atoms with Gasteiger partial charge in [-0.1, -0.05) is 19.1 Å². The van der Waals surface area contributed by atoms with Gasteiger partial charge in [0, 0.05) is 34.4 Å². The molecule has 5 heteroatoms. The fraction of sp³-hybridized carbons (Fsp3) is 0.286. The van der Waals surface area contributed by atoms with Gasteiger partial charge in [0.25, 0.3) is 0 Å². The summed E-state index contributed by atoms with van der Waals surface area (Å²) in [6.07, 6.45) is 7.07. The number of benzene rings is 1. The molecule has 2 aromatic heterocycles. The quantitative estimate of drug-likeness (QED) is 0.742. The molecule has 132 valence electrons. The fourth-order valence-electron chi connectivity index (χ4n) is 3.28. The van der Waals surface area contributed by atoms with Crippen LogP contribution in [0.2, 0.25) is 0 Å². The van der Waals surface area contributed by atoms with Crippen LogP contribution in [0.5, 0.6) is 0 Å². The third-order valence-electron chi connectivity index (χ3n) is 4.87. The summed E-state index contributed by atoms with van der Waals surface area (Å²) in [6.45, 7) is 2.13. The van der Waals surface area contributed by atoms with Gasteiger partial charge >= 0.3 is 0 Å². The molecule has 26 heavy (non-hydrogen) atoms. The molecule has 4 nitrogen and oxygen atoms in total. The number of aryl methyl sites for hydroxylation is 2. The van der Waals surface area contributed by atoms with Gasteiger partial charge < -0.3 is 5.32 Å². The second kappa shape index (κ2) is 7.38. The minimum absolute atomic E-state index is 0.0130. The average Bonchev–Trinajstić information content (AvgIpc) is 3.12. The van der Waals surface area contributed by atoms with Gasteiger partial charge in [-0.2, -0.15) is 0 Å². The first-order valence-corrected chi connectivity index (χ1v) is 9.83. The summed E-state index contributed by atoms with van der Waals surface area (Å²) >= 11 is 1.70. The van der Waals surface area contributed by atoms with Gasteiger partial charge in [-0.15, -0.1) is 11.3 Å². The third-order valence-corrected chi connectivity index (χ3v) is 6.04. The predicted molar refractivity (Wildman–Crippen MR) is 105 cm³/mol. The number of fused-ring (bicyclic) bond motifs is 1. The highest BCUT2D eigenvalue weighted by molar-refractivity contribution is 7.15. The van der Waals surface area contributed by atoms with Crippen LogP contribution in [0.15, 0.2) is 48.8 Å². The minimum Gasteiger partial charge on any atom is -0.326 e. The molecule has 1 aliphatic carbocycles. The van der Waals surface area contributed by atoms with Crippen LogP contribution >= 0.6 is 11.3 Å². The molecule has 1 N–H and O–H groups in total. The van der Waals surface area contributed by atoms with Gasteiger partial charge in [-0.3, -0.25) is 9.78 Å². The van der Waals surface area contributed by atoms with E-state index in [1.165, 1.54) is 10.4 Å². The molecule has 0 aliphatic heterocycles. The Hall–Kier alpha value is -2.53. The van der Waals surface area contributed by atoms with Gasteiger partial charge in [-0.25, -0.2) is 4.98 Å². The Labute approximate surface area is 157 Å². The zero-order chi connectivity index (χ0) is 17.9. The number of nitrogens with one attached hydrogen (secondary N) is 1. The van der Waals surface area contributed by atoms with E-state index in [0.29, 0.717) is 0 Å². The fourth-order valence-corrected chi connectivity index (χ4v) is 4.48. The SMILES string of the molecule is CCc1ccc(NC(=O)C2CCc3nc(-c4ccncc4)sc3C2)cc1. The van der Waals surface area contributed by atoms with Crippen molar-refractivity contribution in [3.63, 3.8) is 0 Å². The maximum atomic E-state index is 12.7. The minimum atomic E-state index is 0.0130. The normalized spacial score (nSPS) is 16.1. The van der Waals surface area contributed by atoms with Crippen LogP contribution in [-0.2, 0) is 24.1 Å². The highest BCUT2D eigenvalue weighted by atomic mass is 32.1. The van der Waals surface area contributed by atoms with E-state index in [9.17, 15) is 4.79 Å². The van der Waals surface area contributed by atoms with Crippen LogP contribution in [0, 0.1) is 5.92 Å². The molecule has 3 aromatic rings. The lowest BCUT2D eigenvalue weighted by molar-refractivity contribution is -0.120. The van der Waals surface area contributed by atoms with Gasteiger partial charge in [0.15, 0.2) is 0 Å². The topological polar surface area (TPSA) is 54.9 Å². The largest absolute Gasteiger partial charge is 0.326 e. The molecule has 0 saturated carbocycles. The maximum Gasteiger partial charge on any atom is 0.227 e. The van der Waals surface area contributed by atoms with Gasteiger partial charge in [0.05, 0.1) is 5.69 Å². The number of amides is 1. The molecule has 1 aromatic carbocycles. The van der Waals surface area contributed by atoms with E-state index in [2.05, 4.69) is 29.4 Å². The number of rotatable bonds is 4. The van der Waals surface area contributed by atoms with Crippen LogP contribution in [0.4, 0.5) is 5.69 Å². The van der Waals surface area contributed by atoms with Gasteiger partial charge in [-0.05, 0) is 55.5 Å². The summed E-state index contributed by atoms with van der Waals surface area (Å²) in [6, 6.07) is 12.1. The van der Waals surface area contributed by atoms with Crippen molar-refractivity contribution in [1.29, 1.82) is 0 Å². The van der Waals surface area contributed by atoms with E-state index in [4.69, 9.17) is 4.98 Å². The Bertz CT molecular complexity index is 903. The molecular weight excluding hydrogens is 342 g/mol. The summed E-state index contributed by atoms with van der Waals surface area (Å²) in [7, 11) is 0. The highest BCUT2D eigenvalue weighted by Crippen LogP contribution is 2.34. The first-order valence-electron chi connectivity index (χ1n) is 9.01. The Morgan fingerprint density at radius 2 is 1.96 bits per heavy atom. The summed E-state index contributed by atoms with van der Waals surface area (Å²) in [4.78, 5) is 22.8. The number of aromatic nitrogens is 2. The lowest BCUT2D eigenvalue weighted by atomic mass is 9.90. The number of carbonyl (C=O) groups excluding carboxylic acids is 1. The van der Waals surface area contributed by atoms with Gasteiger partial charge in [0.1, 0.15) is 5.01 Å². The molecule has 1 amide bonds. The zero-order valence-electron chi connectivity index (χ0n) is 14.7. The van der Waals surface area contributed by atoms with Crippen LogP contribution in [0.1, 0.15) is 29.5 Å². The molecule has 0 bridgehead atoms. The number of carbonyl (C=O) groups is 1. The van der Waals surface area contributed by atoms with Gasteiger partial charge in [0.2, 0.25) is 5.91 Å². The van der Waals surface area contributed by atoms with Crippen molar-refractivity contribution in [2.24, 2.45) is 5.92 Å². The smallest absolute Gasteiger partial charge is 0.227 e. The van der Waals surface area contributed by atoms with Crippen molar-refractivity contribution in [2.45, 2.75) is 32.6 Å². The number of anilines is 1. The monoisotopic (exact) mass is 363 g/mol. The van der Waals surface area contributed by atoms with Crippen molar-refractivity contribution in [3.05, 3.63) is 64.9 Å². The molecule has 1 atom stereocenters. The summed E-state index contributed by atoms with van der Waals surface area (Å²) in [5, 5.41) is 4.09. The summed E-state index contributed by atoms with van der Waals surface area (Å²) in [5.74, 6) is 0.123. The lowest BCUT2D eigenvalue weighted by Crippen LogP contribution is -2.27. The van der Waals surface area contributed by atoms with E-state index >= 15 is 0 Å². The number of pyridine rings is 1. The Morgan fingerprint density at radius 1 is 1.19 bits per heavy atom. The first-order chi connectivity index (χ1) is 12.7. The number of hydrogen-bond donors (Lipinski definition) is 1. The van der Waals surface area contributed by atoms with Crippen molar-refractivity contribution in [3.8, 4) is 10.6 Å². The van der Waals surface area contributed by atoms with Crippen molar-refractivity contribution < 1.29 is 4.79 Å². The first kappa shape index (κ1) is 16.9. The lowest BCUT2D eigenvalue weighted by Gasteiger charge is -2.20. The van der Waals surface area contributed by atoms with Crippen molar-refractivity contribution in [2.75, 3.05) is 5.32 Å². The Morgan fingerprint density at radius 3 is 2.69 bits per heavy atom. The van der Waals surface area contributed by atoms with Crippen LogP contribution in [0.3, 0.4) is 0 Å². The highest BCUT2D eigenvalue weighted by Gasteiger charge is 2.27. The number of thiazole rings is 1. The van der Waals surface area contributed by atoms with Crippen LogP contribution < -0.4 is 5.32 Å². The Balaban J connectivity index is 1.45. The molecule has 4 rings (SSSR count). The van der Waals surface area contributed by atoms with Crippen LogP contribution in [-0.4, -0.2) is 15.9 Å². The summed E-state index contributed by atoms with van der Waals surface area (Å²) < 4.78 is 0. The van der Waals surface area contributed by atoms with Crippen LogP contribution in [0.25, 0.3) is 10.6 Å². The molecule has 1 aliphatic rings. The van der Waals surface area contributed by atoms with E-state index in [0.717, 1.165) is 47.6 Å². The van der Waals surface area contributed by atoms with E-state index in [1.807, 2.05) is 24.3 Å². The van der Waals surface area contributed by atoms with E-state index < -0.39 is 0 Å². The zero-order valence-corrected chi connectivity index (χ0v) is 15.6. The average molecular weight is 363 g/mol. The molecule has 0 spiro atoms. The maximum absolute atomic E-state index is 12.7. The van der Waals surface area contributed by atoms with E-state index in [-0.39, 0.29) is 11.8 Å².